The van der Waals surface area contributed by atoms with Crippen molar-refractivity contribution in [3.8, 4) is 0 Å². The monoisotopic (exact) mass is 278 g/mol. The summed E-state index contributed by atoms with van der Waals surface area (Å²) >= 11 is 1.63. The van der Waals surface area contributed by atoms with E-state index in [2.05, 4.69) is 11.9 Å². The highest BCUT2D eigenvalue weighted by Crippen LogP contribution is 2.35. The minimum atomic E-state index is -0.120. The van der Waals surface area contributed by atoms with Crippen LogP contribution in [0.5, 0.6) is 0 Å². The van der Waals surface area contributed by atoms with E-state index in [9.17, 15) is 4.39 Å². The smallest absolute Gasteiger partial charge is 0.132 e. The molecule has 0 bridgehead atoms. The fraction of sp³-hybridized carbons (Fsp3) is 0.467. The minimum absolute atomic E-state index is 0.120. The highest BCUT2D eigenvalue weighted by atomic mass is 32.1. The van der Waals surface area contributed by atoms with Crippen LogP contribution in [0.3, 0.4) is 0 Å². The molecule has 0 unspecified atom stereocenters. The second-order valence-electron chi connectivity index (χ2n) is 5.32. The Balaban J connectivity index is 2.00. The van der Waals surface area contributed by atoms with Gasteiger partial charge in [-0.3, -0.25) is 4.90 Å². The van der Waals surface area contributed by atoms with Crippen LogP contribution in [0.1, 0.15) is 29.7 Å². The third-order valence-corrected chi connectivity index (χ3v) is 5.36. The topological polar surface area (TPSA) is 29.3 Å². The lowest BCUT2D eigenvalue weighted by Crippen LogP contribution is -2.36. The molecule has 1 aromatic carbocycles. The lowest BCUT2D eigenvalue weighted by molar-refractivity contribution is 0.153. The zero-order valence-corrected chi connectivity index (χ0v) is 12.0. The number of hydrogen-bond acceptors (Lipinski definition) is 3. The number of nitrogens with zero attached hydrogens (tertiary/aromatic N) is 1. The van der Waals surface area contributed by atoms with E-state index in [-0.39, 0.29) is 5.82 Å². The predicted molar refractivity (Wildman–Crippen MR) is 78.8 cm³/mol. The average Bonchev–Trinajstić information content (AvgIpc) is 2.66. The van der Waals surface area contributed by atoms with Crippen LogP contribution in [0.15, 0.2) is 18.2 Å². The van der Waals surface area contributed by atoms with Crippen molar-refractivity contribution in [3.05, 3.63) is 34.5 Å². The van der Waals surface area contributed by atoms with Crippen molar-refractivity contribution in [2.24, 2.45) is 5.73 Å². The maximum absolute atomic E-state index is 14.1. The predicted octanol–water partition coefficient (Wildman–Crippen LogP) is 3.48. The van der Waals surface area contributed by atoms with E-state index in [1.807, 2.05) is 6.07 Å². The van der Waals surface area contributed by atoms with Gasteiger partial charge in [-0.2, -0.15) is 0 Å². The van der Waals surface area contributed by atoms with Crippen LogP contribution in [0, 0.1) is 5.82 Å². The third kappa shape index (κ3) is 2.29. The molecule has 102 valence electrons. The highest BCUT2D eigenvalue weighted by molar-refractivity contribution is 7.19. The summed E-state index contributed by atoms with van der Waals surface area (Å²) in [7, 11) is 2.13. The Morgan fingerprint density at radius 1 is 1.42 bits per heavy atom. The molecule has 1 saturated carbocycles. The number of halogens is 1. The summed E-state index contributed by atoms with van der Waals surface area (Å²) in [4.78, 5) is 3.46. The van der Waals surface area contributed by atoms with Crippen molar-refractivity contribution >= 4 is 21.4 Å². The molecule has 3 rings (SSSR count). The van der Waals surface area contributed by atoms with Crippen molar-refractivity contribution in [2.45, 2.75) is 38.4 Å². The number of fused-ring (bicyclic) bond motifs is 1. The molecule has 2 nitrogen and oxygen atoms in total. The van der Waals surface area contributed by atoms with E-state index in [0.717, 1.165) is 27.1 Å². The molecule has 0 amide bonds. The van der Waals surface area contributed by atoms with Gasteiger partial charge in [0.15, 0.2) is 0 Å². The molecular weight excluding hydrogens is 259 g/mol. The Hall–Kier alpha value is -0.970. The molecule has 1 fully saturated rings. The van der Waals surface area contributed by atoms with Gasteiger partial charge in [0.25, 0.3) is 0 Å². The van der Waals surface area contributed by atoms with E-state index in [0.29, 0.717) is 12.6 Å². The van der Waals surface area contributed by atoms with Gasteiger partial charge in [-0.25, -0.2) is 4.39 Å². The molecule has 1 aliphatic rings. The Labute approximate surface area is 117 Å². The van der Waals surface area contributed by atoms with Crippen LogP contribution in [-0.2, 0) is 13.1 Å². The van der Waals surface area contributed by atoms with Crippen molar-refractivity contribution in [1.29, 1.82) is 0 Å². The van der Waals surface area contributed by atoms with E-state index in [1.165, 1.54) is 19.3 Å². The average molecular weight is 278 g/mol. The van der Waals surface area contributed by atoms with Crippen LogP contribution in [-0.4, -0.2) is 18.0 Å². The van der Waals surface area contributed by atoms with Gasteiger partial charge in [0.1, 0.15) is 5.82 Å². The summed E-state index contributed by atoms with van der Waals surface area (Å²) in [5, 5.41) is 0.777. The van der Waals surface area contributed by atoms with Gasteiger partial charge in [-0.05, 0) is 37.6 Å². The second kappa shape index (κ2) is 5.19. The van der Waals surface area contributed by atoms with Crippen molar-refractivity contribution in [2.75, 3.05) is 7.05 Å². The minimum Gasteiger partial charge on any atom is -0.326 e. The lowest BCUT2D eigenvalue weighted by Gasteiger charge is -2.34. The van der Waals surface area contributed by atoms with Crippen LogP contribution < -0.4 is 5.73 Å². The van der Waals surface area contributed by atoms with Crippen molar-refractivity contribution in [1.82, 2.24) is 4.90 Å². The molecule has 1 aromatic heterocycles. The van der Waals surface area contributed by atoms with Gasteiger partial charge < -0.3 is 5.73 Å². The number of rotatable bonds is 4. The summed E-state index contributed by atoms with van der Waals surface area (Å²) < 4.78 is 15.1. The Kier molecular flexibility index (Phi) is 3.56. The molecule has 0 radical (unpaired) electrons. The lowest BCUT2D eigenvalue weighted by atomic mass is 9.91. The van der Waals surface area contributed by atoms with Gasteiger partial charge in [0.2, 0.25) is 0 Å². The molecule has 0 atom stereocenters. The molecule has 0 saturated heterocycles. The summed E-state index contributed by atoms with van der Waals surface area (Å²) in [6, 6.07) is 5.96. The maximum Gasteiger partial charge on any atom is 0.132 e. The molecule has 2 N–H and O–H groups in total. The Morgan fingerprint density at radius 2 is 2.21 bits per heavy atom. The van der Waals surface area contributed by atoms with E-state index in [1.54, 1.807) is 23.5 Å². The van der Waals surface area contributed by atoms with E-state index in [4.69, 9.17) is 5.73 Å². The quantitative estimate of drug-likeness (QED) is 0.927. The molecule has 1 heterocycles. The number of hydrogen-bond donors (Lipinski definition) is 1. The summed E-state index contributed by atoms with van der Waals surface area (Å²) in [5.74, 6) is -0.120. The molecule has 1 aliphatic carbocycles. The summed E-state index contributed by atoms with van der Waals surface area (Å²) in [6.07, 6.45) is 3.84. The van der Waals surface area contributed by atoms with Crippen molar-refractivity contribution < 1.29 is 4.39 Å². The highest BCUT2D eigenvalue weighted by Gasteiger charge is 2.24. The Morgan fingerprint density at radius 3 is 2.84 bits per heavy atom. The summed E-state index contributed by atoms with van der Waals surface area (Å²) in [6.45, 7) is 1.30. The first kappa shape index (κ1) is 13.0. The molecule has 19 heavy (non-hydrogen) atoms. The zero-order valence-electron chi connectivity index (χ0n) is 11.2. The first-order valence-electron chi connectivity index (χ1n) is 6.79. The first-order chi connectivity index (χ1) is 9.20. The van der Waals surface area contributed by atoms with Gasteiger partial charge >= 0.3 is 0 Å². The molecule has 4 heteroatoms. The van der Waals surface area contributed by atoms with Crippen LogP contribution in [0.25, 0.3) is 10.1 Å². The van der Waals surface area contributed by atoms with Gasteiger partial charge in [-0.1, -0.05) is 12.5 Å². The van der Waals surface area contributed by atoms with Crippen LogP contribution >= 0.6 is 11.3 Å². The number of nitrogens with two attached hydrogens (primary N) is 1. The molecule has 0 aliphatic heterocycles. The third-order valence-electron chi connectivity index (χ3n) is 4.14. The van der Waals surface area contributed by atoms with Crippen LogP contribution in [0.4, 0.5) is 4.39 Å². The Bertz CT molecular complexity index is 589. The zero-order chi connectivity index (χ0) is 13.4. The largest absolute Gasteiger partial charge is 0.326 e. The molecular formula is C15H19FN2S. The van der Waals surface area contributed by atoms with E-state index >= 15 is 0 Å². The molecule has 0 spiro atoms. The standard InChI is InChI=1S/C15H19FN2S/c1-18(10-4-2-5-10)9-11-14(8-17)19-13-7-3-6-12(16)15(11)13/h3,6-7,10H,2,4-5,8-9,17H2,1H3. The fourth-order valence-electron chi connectivity index (χ4n) is 2.75. The normalized spacial score (nSPS) is 16.2. The number of benzene rings is 1. The van der Waals surface area contributed by atoms with Crippen molar-refractivity contribution in [3.63, 3.8) is 0 Å². The fourth-order valence-corrected chi connectivity index (χ4v) is 3.86. The van der Waals surface area contributed by atoms with Gasteiger partial charge in [0, 0.05) is 34.1 Å². The van der Waals surface area contributed by atoms with Gasteiger partial charge in [0.05, 0.1) is 0 Å². The molecule has 2 aromatic rings. The van der Waals surface area contributed by atoms with E-state index < -0.39 is 0 Å². The maximum atomic E-state index is 14.1. The number of thiophene rings is 1. The second-order valence-corrected chi connectivity index (χ2v) is 6.46. The first-order valence-corrected chi connectivity index (χ1v) is 7.61. The summed E-state index contributed by atoms with van der Waals surface area (Å²) in [5.41, 5.74) is 6.92. The van der Waals surface area contributed by atoms with Gasteiger partial charge in [-0.15, -0.1) is 11.3 Å². The SMILES string of the molecule is CN(Cc1c(CN)sc2cccc(F)c12)C1CCC1. The van der Waals surface area contributed by atoms with Crippen LogP contribution in [0.2, 0.25) is 0 Å².